The van der Waals surface area contributed by atoms with Crippen LogP contribution in [0.1, 0.15) is 29.9 Å². The average Bonchev–Trinajstić information content (AvgIpc) is 2.27. The van der Waals surface area contributed by atoms with Gasteiger partial charge in [0.2, 0.25) is 0 Å². The third kappa shape index (κ3) is 1.75. The number of pyridine rings is 1. The van der Waals surface area contributed by atoms with Crippen LogP contribution in [0.25, 0.3) is 10.8 Å². The molecular formula is C13H13NO. The van der Waals surface area contributed by atoms with Crippen LogP contribution in [0.2, 0.25) is 0 Å². The number of rotatable bonds is 2. The fourth-order valence-electron chi connectivity index (χ4n) is 1.72. The van der Waals surface area contributed by atoms with Crippen molar-refractivity contribution in [2.24, 2.45) is 0 Å². The van der Waals surface area contributed by atoms with Crippen molar-refractivity contribution < 1.29 is 4.79 Å². The van der Waals surface area contributed by atoms with E-state index in [9.17, 15) is 4.79 Å². The van der Waals surface area contributed by atoms with Crippen LogP contribution in [0, 0.1) is 0 Å². The second kappa shape index (κ2) is 3.81. The Morgan fingerprint density at radius 3 is 2.80 bits per heavy atom. The fourth-order valence-corrected chi connectivity index (χ4v) is 1.72. The van der Waals surface area contributed by atoms with Gasteiger partial charge < -0.3 is 0 Å². The van der Waals surface area contributed by atoms with E-state index < -0.39 is 0 Å². The molecule has 2 rings (SSSR count). The molecule has 0 bridgehead atoms. The summed E-state index contributed by atoms with van der Waals surface area (Å²) in [4.78, 5) is 15.5. The molecule has 0 saturated carbocycles. The van der Waals surface area contributed by atoms with Gasteiger partial charge in [-0.1, -0.05) is 19.1 Å². The lowest BCUT2D eigenvalue weighted by Crippen LogP contribution is -1.97. The molecule has 0 N–H and O–H groups in total. The van der Waals surface area contributed by atoms with Crippen molar-refractivity contribution in [3.63, 3.8) is 0 Å². The zero-order valence-corrected chi connectivity index (χ0v) is 8.95. The minimum absolute atomic E-state index is 0.0221. The molecule has 0 radical (unpaired) electrons. The van der Waals surface area contributed by atoms with Crippen LogP contribution in [0.15, 0.2) is 30.5 Å². The first-order valence-corrected chi connectivity index (χ1v) is 5.11. The van der Waals surface area contributed by atoms with Crippen molar-refractivity contribution in [2.75, 3.05) is 0 Å². The normalized spacial score (nSPS) is 10.5. The van der Waals surface area contributed by atoms with Crippen molar-refractivity contribution in [1.82, 2.24) is 4.98 Å². The Bertz CT molecular complexity index is 517. The van der Waals surface area contributed by atoms with Crippen molar-refractivity contribution >= 4 is 16.6 Å². The van der Waals surface area contributed by atoms with Gasteiger partial charge >= 0.3 is 0 Å². The maximum atomic E-state index is 11.4. The standard InChI is InChI=1S/C13H13NO/c1-3-10-4-5-11-6-7-14-13(9(2)15)12(11)8-10/h4-8H,3H2,1-2H3. The molecule has 76 valence electrons. The van der Waals surface area contributed by atoms with E-state index in [0.717, 1.165) is 17.2 Å². The number of nitrogens with zero attached hydrogens (tertiary/aromatic N) is 1. The lowest BCUT2D eigenvalue weighted by Gasteiger charge is -2.04. The predicted molar refractivity (Wildman–Crippen MR) is 61.1 cm³/mol. The lowest BCUT2D eigenvalue weighted by atomic mass is 10.0. The number of carbonyl (C=O) groups is 1. The molecule has 2 heteroatoms. The highest BCUT2D eigenvalue weighted by atomic mass is 16.1. The number of carbonyl (C=O) groups excluding carboxylic acids is 1. The third-order valence-electron chi connectivity index (χ3n) is 2.57. The van der Waals surface area contributed by atoms with E-state index in [2.05, 4.69) is 24.0 Å². The molecule has 2 nitrogen and oxygen atoms in total. The van der Waals surface area contributed by atoms with Crippen molar-refractivity contribution in [1.29, 1.82) is 0 Å². The summed E-state index contributed by atoms with van der Waals surface area (Å²) in [5.74, 6) is 0.0221. The average molecular weight is 199 g/mol. The van der Waals surface area contributed by atoms with Crippen LogP contribution >= 0.6 is 0 Å². The van der Waals surface area contributed by atoms with Crippen LogP contribution in [-0.2, 0) is 6.42 Å². The molecule has 0 spiro atoms. The summed E-state index contributed by atoms with van der Waals surface area (Å²) in [5.41, 5.74) is 1.81. The summed E-state index contributed by atoms with van der Waals surface area (Å²) in [7, 11) is 0. The van der Waals surface area contributed by atoms with Gasteiger partial charge in [0, 0.05) is 18.5 Å². The van der Waals surface area contributed by atoms with Crippen molar-refractivity contribution in [3.8, 4) is 0 Å². The highest BCUT2D eigenvalue weighted by molar-refractivity contribution is 6.05. The SMILES string of the molecule is CCc1ccc2ccnc(C(C)=O)c2c1. The van der Waals surface area contributed by atoms with Crippen LogP contribution in [-0.4, -0.2) is 10.8 Å². The highest BCUT2D eigenvalue weighted by Crippen LogP contribution is 2.19. The Hall–Kier alpha value is -1.70. The van der Waals surface area contributed by atoms with E-state index in [1.54, 1.807) is 13.1 Å². The first kappa shape index (κ1) is 9.84. The third-order valence-corrected chi connectivity index (χ3v) is 2.57. The van der Waals surface area contributed by atoms with Gasteiger partial charge in [0.15, 0.2) is 5.78 Å². The number of hydrogen-bond donors (Lipinski definition) is 0. The lowest BCUT2D eigenvalue weighted by molar-refractivity contribution is 0.101. The fraction of sp³-hybridized carbons (Fsp3) is 0.231. The first-order chi connectivity index (χ1) is 7.22. The number of aromatic nitrogens is 1. The number of benzene rings is 1. The second-order valence-electron chi connectivity index (χ2n) is 3.62. The van der Waals surface area contributed by atoms with E-state index in [0.29, 0.717) is 5.69 Å². The molecule has 0 atom stereocenters. The Labute approximate surface area is 89.0 Å². The molecule has 2 aromatic rings. The molecule has 0 fully saturated rings. The Morgan fingerprint density at radius 2 is 2.13 bits per heavy atom. The Balaban J connectivity index is 2.76. The summed E-state index contributed by atoms with van der Waals surface area (Å²) >= 11 is 0. The van der Waals surface area contributed by atoms with Crippen molar-refractivity contribution in [2.45, 2.75) is 20.3 Å². The summed E-state index contributed by atoms with van der Waals surface area (Å²) in [5, 5.41) is 2.04. The smallest absolute Gasteiger partial charge is 0.178 e. The number of ketones is 1. The van der Waals surface area contributed by atoms with E-state index in [1.165, 1.54) is 5.56 Å². The summed E-state index contributed by atoms with van der Waals surface area (Å²) < 4.78 is 0. The monoisotopic (exact) mass is 199 g/mol. The molecule has 0 aliphatic heterocycles. The number of fused-ring (bicyclic) bond motifs is 1. The minimum atomic E-state index is 0.0221. The molecule has 0 amide bonds. The minimum Gasteiger partial charge on any atom is -0.293 e. The maximum absolute atomic E-state index is 11.4. The highest BCUT2D eigenvalue weighted by Gasteiger charge is 2.06. The van der Waals surface area contributed by atoms with Gasteiger partial charge in [0.25, 0.3) is 0 Å². The molecule has 0 aliphatic rings. The number of hydrogen-bond acceptors (Lipinski definition) is 2. The van der Waals surface area contributed by atoms with E-state index >= 15 is 0 Å². The molecule has 1 heterocycles. The number of aryl methyl sites for hydroxylation is 1. The van der Waals surface area contributed by atoms with E-state index in [-0.39, 0.29) is 5.78 Å². The van der Waals surface area contributed by atoms with Gasteiger partial charge in [-0.05, 0) is 29.5 Å². The van der Waals surface area contributed by atoms with Gasteiger partial charge in [0.05, 0.1) is 0 Å². The molecule has 1 aromatic heterocycles. The second-order valence-corrected chi connectivity index (χ2v) is 3.62. The molecule has 1 aromatic carbocycles. The van der Waals surface area contributed by atoms with Crippen molar-refractivity contribution in [3.05, 3.63) is 41.7 Å². The van der Waals surface area contributed by atoms with Gasteiger partial charge in [-0.25, -0.2) is 0 Å². The summed E-state index contributed by atoms with van der Waals surface area (Å²) in [6.07, 6.45) is 2.66. The first-order valence-electron chi connectivity index (χ1n) is 5.11. The van der Waals surface area contributed by atoms with E-state index in [4.69, 9.17) is 0 Å². The Morgan fingerprint density at radius 1 is 1.33 bits per heavy atom. The zero-order chi connectivity index (χ0) is 10.8. The van der Waals surface area contributed by atoms with Crippen LogP contribution in [0.5, 0.6) is 0 Å². The summed E-state index contributed by atoms with van der Waals surface area (Å²) in [6, 6.07) is 8.12. The molecule has 15 heavy (non-hydrogen) atoms. The molecule has 0 saturated heterocycles. The topological polar surface area (TPSA) is 30.0 Å². The maximum Gasteiger partial charge on any atom is 0.178 e. The van der Waals surface area contributed by atoms with Gasteiger partial charge in [-0.15, -0.1) is 0 Å². The van der Waals surface area contributed by atoms with Crippen LogP contribution in [0.4, 0.5) is 0 Å². The largest absolute Gasteiger partial charge is 0.293 e. The van der Waals surface area contributed by atoms with Crippen LogP contribution in [0.3, 0.4) is 0 Å². The van der Waals surface area contributed by atoms with Gasteiger partial charge in [-0.2, -0.15) is 0 Å². The van der Waals surface area contributed by atoms with Gasteiger partial charge in [0.1, 0.15) is 5.69 Å². The van der Waals surface area contributed by atoms with Gasteiger partial charge in [-0.3, -0.25) is 9.78 Å². The van der Waals surface area contributed by atoms with Crippen LogP contribution < -0.4 is 0 Å². The van der Waals surface area contributed by atoms with E-state index in [1.807, 2.05) is 12.1 Å². The zero-order valence-electron chi connectivity index (χ0n) is 8.95. The summed E-state index contributed by atoms with van der Waals surface area (Å²) in [6.45, 7) is 3.66. The molecule has 0 aliphatic carbocycles. The number of Topliss-reactive ketones (excluding diaryl/α,β-unsaturated/α-hetero) is 1. The molecular weight excluding hydrogens is 186 g/mol. The quantitative estimate of drug-likeness (QED) is 0.696. The predicted octanol–water partition coefficient (Wildman–Crippen LogP) is 3.00. The Kier molecular flexibility index (Phi) is 2.50. The molecule has 0 unspecified atom stereocenters.